The number of hydrogen-bond acceptors (Lipinski definition) is 7. The smallest absolute Gasteiger partial charge is 0.260 e. The Morgan fingerprint density at radius 2 is 1.71 bits per heavy atom. The van der Waals surface area contributed by atoms with Gasteiger partial charge in [0.2, 0.25) is 10.0 Å². The van der Waals surface area contributed by atoms with Crippen molar-refractivity contribution in [3.05, 3.63) is 54.1 Å². The van der Waals surface area contributed by atoms with Crippen molar-refractivity contribution >= 4 is 42.6 Å². The van der Waals surface area contributed by atoms with Gasteiger partial charge in [-0.25, -0.2) is 13.4 Å². The zero-order valence-corrected chi connectivity index (χ0v) is 22.2. The molecule has 8 nitrogen and oxygen atoms in total. The first kappa shape index (κ1) is 25.7. The molecule has 2 atom stereocenters. The number of carbonyl (C=O) groups is 1. The number of nitrogens with zero attached hydrogens (tertiary/aromatic N) is 4. The van der Waals surface area contributed by atoms with Gasteiger partial charge in [0.1, 0.15) is 0 Å². The standard InChI is InChI=1S/C25H32N4O4S2/c1-18-16-28(17-19(2)33-18)35(31,32)21-12-10-20(11-13-21)24(30)29(15-7-14-27(3)4)25-26-22-8-5-6-9-23(22)34-25/h5-6,8-13,18-19H,7,14-17H2,1-4H3. The van der Waals surface area contributed by atoms with Crippen molar-refractivity contribution < 1.29 is 17.9 Å². The fourth-order valence-corrected chi connectivity index (χ4v) is 6.79. The van der Waals surface area contributed by atoms with E-state index in [1.165, 1.54) is 27.8 Å². The van der Waals surface area contributed by atoms with Crippen LogP contribution in [0.1, 0.15) is 30.6 Å². The highest BCUT2D eigenvalue weighted by Gasteiger charge is 2.32. The Kier molecular flexibility index (Phi) is 7.87. The van der Waals surface area contributed by atoms with E-state index < -0.39 is 10.0 Å². The van der Waals surface area contributed by atoms with Crippen LogP contribution in [0.4, 0.5) is 5.13 Å². The molecule has 1 aliphatic heterocycles. The third-order valence-electron chi connectivity index (χ3n) is 5.87. The Morgan fingerprint density at radius 1 is 1.06 bits per heavy atom. The zero-order chi connectivity index (χ0) is 25.2. The molecule has 35 heavy (non-hydrogen) atoms. The number of carbonyl (C=O) groups excluding carboxylic acids is 1. The van der Waals surface area contributed by atoms with Gasteiger partial charge in [-0.3, -0.25) is 9.69 Å². The van der Waals surface area contributed by atoms with Crippen LogP contribution in [0.2, 0.25) is 0 Å². The molecule has 0 saturated carbocycles. The third kappa shape index (κ3) is 5.90. The molecule has 0 spiro atoms. The lowest BCUT2D eigenvalue weighted by atomic mass is 10.2. The normalized spacial score (nSPS) is 19.3. The molecule has 1 saturated heterocycles. The monoisotopic (exact) mass is 516 g/mol. The highest BCUT2D eigenvalue weighted by molar-refractivity contribution is 7.89. The highest BCUT2D eigenvalue weighted by atomic mass is 32.2. The van der Waals surface area contributed by atoms with Crippen LogP contribution in [0.5, 0.6) is 0 Å². The maximum atomic E-state index is 13.5. The van der Waals surface area contributed by atoms with Gasteiger partial charge in [-0.15, -0.1) is 0 Å². The lowest BCUT2D eigenvalue weighted by molar-refractivity contribution is -0.0440. The first-order valence-corrected chi connectivity index (χ1v) is 14.0. The number of fused-ring (bicyclic) bond motifs is 1. The van der Waals surface area contributed by atoms with Crippen LogP contribution in [-0.2, 0) is 14.8 Å². The van der Waals surface area contributed by atoms with E-state index in [-0.39, 0.29) is 23.0 Å². The summed E-state index contributed by atoms with van der Waals surface area (Å²) in [5.74, 6) is -0.194. The fourth-order valence-electron chi connectivity index (χ4n) is 4.21. The largest absolute Gasteiger partial charge is 0.373 e. The van der Waals surface area contributed by atoms with Crippen molar-refractivity contribution in [2.24, 2.45) is 0 Å². The number of amides is 1. The number of rotatable bonds is 8. The summed E-state index contributed by atoms with van der Waals surface area (Å²) in [4.78, 5) is 22.2. The molecule has 2 heterocycles. The molecule has 1 aliphatic rings. The van der Waals surface area contributed by atoms with Crippen molar-refractivity contribution in [3.8, 4) is 0 Å². The molecule has 2 aromatic carbocycles. The minimum absolute atomic E-state index is 0.168. The molecule has 4 rings (SSSR count). The number of morpholine rings is 1. The molecule has 0 N–H and O–H groups in total. The number of hydrogen-bond donors (Lipinski definition) is 0. The SMILES string of the molecule is CC1CN(S(=O)(=O)c2ccc(C(=O)N(CCCN(C)C)c3nc4ccccc4s3)cc2)CC(C)O1. The van der Waals surface area contributed by atoms with Crippen LogP contribution >= 0.6 is 11.3 Å². The van der Waals surface area contributed by atoms with Gasteiger partial charge in [-0.05, 0) is 77.3 Å². The number of para-hydroxylation sites is 1. The first-order valence-electron chi connectivity index (χ1n) is 11.7. The van der Waals surface area contributed by atoms with Crippen molar-refractivity contribution in [2.45, 2.75) is 37.4 Å². The first-order chi connectivity index (χ1) is 16.6. The van der Waals surface area contributed by atoms with Gasteiger partial charge in [-0.1, -0.05) is 23.5 Å². The average molecular weight is 517 g/mol. The summed E-state index contributed by atoms with van der Waals surface area (Å²) in [6.07, 6.45) is 0.451. The lowest BCUT2D eigenvalue weighted by Crippen LogP contribution is -2.48. The Balaban J connectivity index is 1.58. The van der Waals surface area contributed by atoms with Gasteiger partial charge in [0, 0.05) is 25.2 Å². The molecule has 1 aromatic heterocycles. The molecule has 0 radical (unpaired) electrons. The number of sulfonamides is 1. The molecule has 2 unspecified atom stereocenters. The third-order valence-corrected chi connectivity index (χ3v) is 8.78. The van der Waals surface area contributed by atoms with Gasteiger partial charge in [0.25, 0.3) is 5.91 Å². The number of aromatic nitrogens is 1. The Hall–Kier alpha value is -2.37. The maximum absolute atomic E-state index is 13.5. The summed E-state index contributed by atoms with van der Waals surface area (Å²) in [5, 5.41) is 0.642. The van der Waals surface area contributed by atoms with Crippen molar-refractivity contribution in [2.75, 3.05) is 45.2 Å². The zero-order valence-electron chi connectivity index (χ0n) is 20.5. The summed E-state index contributed by atoms with van der Waals surface area (Å²) in [6.45, 7) is 5.71. The number of ether oxygens (including phenoxy) is 1. The summed E-state index contributed by atoms with van der Waals surface area (Å²) >= 11 is 1.48. The molecule has 0 bridgehead atoms. The number of thiazole rings is 1. The quantitative estimate of drug-likeness (QED) is 0.454. The van der Waals surface area contributed by atoms with E-state index in [1.54, 1.807) is 17.0 Å². The van der Waals surface area contributed by atoms with Crippen LogP contribution in [0.15, 0.2) is 53.4 Å². The summed E-state index contributed by atoms with van der Waals surface area (Å²) in [7, 11) is 0.327. The molecule has 1 amide bonds. The van der Waals surface area contributed by atoms with Gasteiger partial charge >= 0.3 is 0 Å². The fraction of sp³-hybridized carbons (Fsp3) is 0.440. The average Bonchev–Trinajstić information content (AvgIpc) is 3.24. The van der Waals surface area contributed by atoms with Crippen molar-refractivity contribution in [3.63, 3.8) is 0 Å². The lowest BCUT2D eigenvalue weighted by Gasteiger charge is -2.34. The van der Waals surface area contributed by atoms with E-state index in [9.17, 15) is 13.2 Å². The second kappa shape index (κ2) is 10.7. The molecule has 3 aromatic rings. The minimum atomic E-state index is -3.67. The van der Waals surface area contributed by atoms with Crippen LogP contribution < -0.4 is 4.90 Å². The van der Waals surface area contributed by atoms with Crippen LogP contribution in [0.3, 0.4) is 0 Å². The van der Waals surface area contributed by atoms with E-state index in [0.29, 0.717) is 30.3 Å². The Bertz CT molecular complexity index is 1230. The summed E-state index contributed by atoms with van der Waals surface area (Å²) in [6, 6.07) is 14.0. The van der Waals surface area contributed by atoms with Crippen molar-refractivity contribution in [1.82, 2.24) is 14.2 Å². The van der Waals surface area contributed by atoms with Crippen LogP contribution in [0.25, 0.3) is 10.2 Å². The molecular weight excluding hydrogens is 484 g/mol. The van der Waals surface area contributed by atoms with E-state index in [1.807, 2.05) is 52.2 Å². The minimum Gasteiger partial charge on any atom is -0.373 e. The van der Waals surface area contributed by atoms with E-state index >= 15 is 0 Å². The Morgan fingerprint density at radius 3 is 2.34 bits per heavy atom. The van der Waals surface area contributed by atoms with Crippen molar-refractivity contribution in [1.29, 1.82) is 0 Å². The van der Waals surface area contributed by atoms with E-state index in [0.717, 1.165) is 23.2 Å². The number of anilines is 1. The predicted octanol–water partition coefficient (Wildman–Crippen LogP) is 3.69. The summed E-state index contributed by atoms with van der Waals surface area (Å²) in [5.41, 5.74) is 1.28. The topological polar surface area (TPSA) is 83.1 Å². The van der Waals surface area contributed by atoms with Gasteiger partial charge in [0.05, 0.1) is 27.3 Å². The van der Waals surface area contributed by atoms with Gasteiger partial charge < -0.3 is 9.64 Å². The Labute approximate surface area is 211 Å². The molecular formula is C25H32N4O4S2. The summed E-state index contributed by atoms with van der Waals surface area (Å²) < 4.78 is 34.5. The second-order valence-corrected chi connectivity index (χ2v) is 12.1. The van der Waals surface area contributed by atoms with Crippen LogP contribution in [-0.4, -0.2) is 81.0 Å². The van der Waals surface area contributed by atoms with Gasteiger partial charge in [-0.2, -0.15) is 4.31 Å². The molecule has 188 valence electrons. The highest BCUT2D eigenvalue weighted by Crippen LogP contribution is 2.30. The van der Waals surface area contributed by atoms with E-state index in [2.05, 4.69) is 9.88 Å². The molecule has 1 fully saturated rings. The second-order valence-electron chi connectivity index (χ2n) is 9.18. The van der Waals surface area contributed by atoms with E-state index in [4.69, 9.17) is 4.74 Å². The van der Waals surface area contributed by atoms with Crippen LogP contribution in [0, 0.1) is 0 Å². The maximum Gasteiger partial charge on any atom is 0.260 e. The molecule has 10 heteroatoms. The molecule has 0 aliphatic carbocycles. The number of benzene rings is 2. The predicted molar refractivity (Wildman–Crippen MR) is 140 cm³/mol. The van der Waals surface area contributed by atoms with Gasteiger partial charge in [0.15, 0.2) is 5.13 Å².